The summed E-state index contributed by atoms with van der Waals surface area (Å²) in [5, 5.41) is 1.09. The van der Waals surface area contributed by atoms with Gasteiger partial charge in [-0.1, -0.05) is 30.3 Å². The van der Waals surface area contributed by atoms with Crippen molar-refractivity contribution in [1.82, 2.24) is 4.90 Å². The number of halogens is 1. The van der Waals surface area contributed by atoms with Crippen LogP contribution in [0, 0.1) is 12.8 Å². The third kappa shape index (κ3) is 3.62. The Balaban J connectivity index is 0.00000225. The molecule has 148 valence electrons. The van der Waals surface area contributed by atoms with Crippen molar-refractivity contribution in [3.05, 3.63) is 64.5 Å². The number of methoxy groups -OCH3 is 1. The number of aryl methyl sites for hydroxylation is 1. The first-order valence-corrected chi connectivity index (χ1v) is 10.1. The number of likely N-dealkylation sites (tertiary alicyclic amines) is 1. The van der Waals surface area contributed by atoms with Crippen molar-refractivity contribution in [1.29, 1.82) is 0 Å². The van der Waals surface area contributed by atoms with Gasteiger partial charge in [0.15, 0.2) is 0 Å². The number of carbonyl (C=O) groups excluding carboxylic acids is 1. The van der Waals surface area contributed by atoms with Crippen molar-refractivity contribution >= 4 is 39.7 Å². The van der Waals surface area contributed by atoms with Crippen molar-refractivity contribution < 1.29 is 9.53 Å². The maximum Gasteiger partial charge on any atom is 0.264 e. The second-order valence-electron chi connectivity index (χ2n) is 7.14. The van der Waals surface area contributed by atoms with E-state index in [0.29, 0.717) is 24.9 Å². The summed E-state index contributed by atoms with van der Waals surface area (Å²) in [4.78, 5) is 16.1. The topological polar surface area (TPSA) is 55.6 Å². The molecule has 0 bridgehead atoms. The maximum absolute atomic E-state index is 13.3. The molecule has 0 aliphatic carbocycles. The minimum atomic E-state index is 0. The molecule has 6 heteroatoms. The molecular weight excluding hydrogens is 392 g/mol. The third-order valence-electron chi connectivity index (χ3n) is 5.60. The molecule has 1 saturated heterocycles. The van der Waals surface area contributed by atoms with E-state index >= 15 is 0 Å². The Morgan fingerprint density at radius 1 is 1.21 bits per heavy atom. The lowest BCUT2D eigenvalue weighted by Crippen LogP contribution is -2.29. The second-order valence-corrected chi connectivity index (χ2v) is 8.19. The Labute approximate surface area is 175 Å². The van der Waals surface area contributed by atoms with Crippen LogP contribution < -0.4 is 10.5 Å². The summed E-state index contributed by atoms with van der Waals surface area (Å²) >= 11 is 1.57. The van der Waals surface area contributed by atoms with Gasteiger partial charge in [0.25, 0.3) is 5.91 Å². The fourth-order valence-electron chi connectivity index (χ4n) is 4.03. The first-order chi connectivity index (χ1) is 13.1. The SMILES string of the molecule is COc1ccc2sc(C(=O)N3C[C@@H](CN)[C@H](c4ccccc4)C3)c(C)c2c1.Cl. The first-order valence-electron chi connectivity index (χ1n) is 9.23. The lowest BCUT2D eigenvalue weighted by Gasteiger charge is -2.16. The molecule has 0 radical (unpaired) electrons. The lowest BCUT2D eigenvalue weighted by atomic mass is 9.89. The van der Waals surface area contributed by atoms with Crippen LogP contribution in [0.1, 0.15) is 26.7 Å². The minimum absolute atomic E-state index is 0. The summed E-state index contributed by atoms with van der Waals surface area (Å²) in [5.74, 6) is 1.53. The van der Waals surface area contributed by atoms with Crippen molar-refractivity contribution in [2.24, 2.45) is 11.7 Å². The van der Waals surface area contributed by atoms with Gasteiger partial charge in [0.2, 0.25) is 0 Å². The summed E-state index contributed by atoms with van der Waals surface area (Å²) in [5.41, 5.74) is 8.34. The van der Waals surface area contributed by atoms with Crippen LogP contribution in [-0.4, -0.2) is 37.6 Å². The summed E-state index contributed by atoms with van der Waals surface area (Å²) in [7, 11) is 1.66. The van der Waals surface area contributed by atoms with E-state index in [1.165, 1.54) is 5.56 Å². The molecule has 0 spiro atoms. The molecular formula is C22H25ClN2O2S. The maximum atomic E-state index is 13.3. The van der Waals surface area contributed by atoms with E-state index in [1.54, 1.807) is 18.4 Å². The van der Waals surface area contributed by atoms with E-state index in [9.17, 15) is 4.79 Å². The Bertz CT molecular complexity index is 973. The van der Waals surface area contributed by atoms with Crippen LogP contribution in [0.4, 0.5) is 0 Å². The third-order valence-corrected chi connectivity index (χ3v) is 6.86. The smallest absolute Gasteiger partial charge is 0.264 e. The van der Waals surface area contributed by atoms with E-state index in [1.807, 2.05) is 36.1 Å². The molecule has 2 atom stereocenters. The molecule has 28 heavy (non-hydrogen) atoms. The summed E-state index contributed by atoms with van der Waals surface area (Å²) in [6, 6.07) is 16.4. The number of nitrogens with two attached hydrogens (primary N) is 1. The van der Waals surface area contributed by atoms with Gasteiger partial charge in [0, 0.05) is 23.7 Å². The zero-order chi connectivity index (χ0) is 19.0. The fourth-order valence-corrected chi connectivity index (χ4v) is 5.19. The highest BCUT2D eigenvalue weighted by Gasteiger charge is 2.36. The van der Waals surface area contributed by atoms with Crippen LogP contribution in [0.3, 0.4) is 0 Å². The quantitative estimate of drug-likeness (QED) is 0.683. The Kier molecular flexibility index (Phi) is 6.28. The van der Waals surface area contributed by atoms with Crippen molar-refractivity contribution in [3.63, 3.8) is 0 Å². The molecule has 4 rings (SSSR count). The van der Waals surface area contributed by atoms with Crippen LogP contribution >= 0.6 is 23.7 Å². The van der Waals surface area contributed by atoms with Crippen molar-refractivity contribution in [2.45, 2.75) is 12.8 Å². The van der Waals surface area contributed by atoms with Crippen LogP contribution in [0.2, 0.25) is 0 Å². The van der Waals surface area contributed by atoms with Gasteiger partial charge < -0.3 is 15.4 Å². The van der Waals surface area contributed by atoms with Gasteiger partial charge in [-0.05, 0) is 54.1 Å². The molecule has 1 aliphatic rings. The fraction of sp³-hybridized carbons (Fsp3) is 0.318. The number of amides is 1. The summed E-state index contributed by atoms with van der Waals surface area (Å²) in [6.07, 6.45) is 0. The number of benzene rings is 2. The monoisotopic (exact) mass is 416 g/mol. The van der Waals surface area contributed by atoms with Crippen molar-refractivity contribution in [3.8, 4) is 5.75 Å². The zero-order valence-electron chi connectivity index (χ0n) is 16.1. The van der Waals surface area contributed by atoms with Gasteiger partial charge >= 0.3 is 0 Å². The summed E-state index contributed by atoms with van der Waals surface area (Å²) < 4.78 is 6.45. The first kappa shape index (κ1) is 20.6. The van der Waals surface area contributed by atoms with Crippen LogP contribution in [-0.2, 0) is 0 Å². The number of carbonyl (C=O) groups is 1. The number of hydrogen-bond donors (Lipinski definition) is 1. The minimum Gasteiger partial charge on any atom is -0.497 e. The van der Waals surface area contributed by atoms with Crippen LogP contribution in [0.5, 0.6) is 5.75 Å². The number of nitrogens with zero attached hydrogens (tertiary/aromatic N) is 1. The number of rotatable bonds is 4. The molecule has 0 unspecified atom stereocenters. The summed E-state index contributed by atoms with van der Waals surface area (Å²) in [6.45, 7) is 4.05. The van der Waals surface area contributed by atoms with Gasteiger partial charge in [-0.2, -0.15) is 0 Å². The molecule has 0 saturated carbocycles. The molecule has 2 N–H and O–H groups in total. The van der Waals surface area contributed by atoms with E-state index in [-0.39, 0.29) is 18.3 Å². The van der Waals surface area contributed by atoms with E-state index < -0.39 is 0 Å². The van der Waals surface area contributed by atoms with Crippen LogP contribution in [0.15, 0.2) is 48.5 Å². The normalized spacial score (nSPS) is 18.9. The van der Waals surface area contributed by atoms with E-state index in [4.69, 9.17) is 10.5 Å². The van der Waals surface area contributed by atoms with Gasteiger partial charge in [-0.15, -0.1) is 23.7 Å². The van der Waals surface area contributed by atoms with Gasteiger partial charge in [-0.25, -0.2) is 0 Å². The predicted molar refractivity (Wildman–Crippen MR) is 118 cm³/mol. The Morgan fingerprint density at radius 3 is 2.64 bits per heavy atom. The zero-order valence-corrected chi connectivity index (χ0v) is 17.7. The molecule has 3 aromatic rings. The van der Waals surface area contributed by atoms with Crippen LogP contribution in [0.25, 0.3) is 10.1 Å². The highest BCUT2D eigenvalue weighted by Crippen LogP contribution is 2.37. The lowest BCUT2D eigenvalue weighted by molar-refractivity contribution is 0.0790. The average molecular weight is 417 g/mol. The highest BCUT2D eigenvalue weighted by molar-refractivity contribution is 7.21. The van der Waals surface area contributed by atoms with Crippen molar-refractivity contribution in [2.75, 3.05) is 26.7 Å². The molecule has 2 heterocycles. The van der Waals surface area contributed by atoms with E-state index in [2.05, 4.69) is 24.3 Å². The predicted octanol–water partition coefficient (Wildman–Crippen LogP) is 4.45. The Hall–Kier alpha value is -2.08. The Morgan fingerprint density at radius 2 is 1.96 bits per heavy atom. The number of hydrogen-bond acceptors (Lipinski definition) is 4. The average Bonchev–Trinajstić information content (AvgIpc) is 3.29. The van der Waals surface area contributed by atoms with Gasteiger partial charge in [0.1, 0.15) is 5.75 Å². The molecule has 1 amide bonds. The molecule has 2 aromatic carbocycles. The van der Waals surface area contributed by atoms with Gasteiger partial charge in [0.05, 0.1) is 12.0 Å². The molecule has 4 nitrogen and oxygen atoms in total. The number of ether oxygens (including phenoxy) is 1. The molecule has 1 aromatic heterocycles. The van der Waals surface area contributed by atoms with Gasteiger partial charge in [-0.3, -0.25) is 4.79 Å². The van der Waals surface area contributed by atoms with E-state index in [0.717, 1.165) is 32.8 Å². The number of thiophene rings is 1. The number of fused-ring (bicyclic) bond motifs is 1. The molecule has 1 fully saturated rings. The largest absolute Gasteiger partial charge is 0.497 e. The molecule has 1 aliphatic heterocycles. The standard InChI is InChI=1S/C22H24N2O2S.ClH/c1-14-18-10-17(26-2)8-9-20(18)27-21(14)22(25)24-12-16(11-23)19(13-24)15-6-4-3-5-7-15;/h3-10,16,19H,11-13,23H2,1-2H3;1H/t16-,19+;/m1./s1. The highest BCUT2D eigenvalue weighted by atomic mass is 35.5. The second kappa shape index (κ2) is 8.52.